The first-order chi connectivity index (χ1) is 7.77. The first kappa shape index (κ1) is 11.4. The standard InChI is InChI=1S/C13H20N3/c1-16(2)13-6-4-3-5-11(13)9-12-10-14-7-8-15-12/h3-6,12,14H,7-10H2,1-2H3. The molecular formula is C13H20N3. The molecule has 1 saturated heterocycles. The highest BCUT2D eigenvalue weighted by Crippen LogP contribution is 2.19. The molecule has 1 aromatic carbocycles. The van der Waals surface area contributed by atoms with Crippen molar-refractivity contribution in [2.75, 3.05) is 38.6 Å². The molecule has 1 heterocycles. The first-order valence-corrected chi connectivity index (χ1v) is 5.90. The Morgan fingerprint density at radius 2 is 2.19 bits per heavy atom. The van der Waals surface area contributed by atoms with Crippen LogP contribution in [0.4, 0.5) is 5.69 Å². The Kier molecular flexibility index (Phi) is 3.80. The average Bonchev–Trinajstić information content (AvgIpc) is 2.31. The zero-order valence-corrected chi connectivity index (χ0v) is 10.1. The lowest BCUT2D eigenvalue weighted by molar-refractivity contribution is 0.408. The minimum absolute atomic E-state index is 0.440. The third-order valence-electron chi connectivity index (χ3n) is 2.98. The van der Waals surface area contributed by atoms with Crippen molar-refractivity contribution in [2.24, 2.45) is 0 Å². The van der Waals surface area contributed by atoms with Gasteiger partial charge in [-0.25, -0.2) is 5.32 Å². The smallest absolute Gasteiger partial charge is 0.0412 e. The molecule has 1 unspecified atom stereocenters. The summed E-state index contributed by atoms with van der Waals surface area (Å²) in [4.78, 5) is 2.17. The number of piperazine rings is 1. The second-order valence-electron chi connectivity index (χ2n) is 4.49. The SMILES string of the molecule is CN(C)c1ccccc1CC1CNCC[N]1. The number of hydrogen-bond donors (Lipinski definition) is 1. The molecule has 1 atom stereocenters. The maximum absolute atomic E-state index is 4.64. The highest BCUT2D eigenvalue weighted by atomic mass is 15.1. The fourth-order valence-corrected chi connectivity index (χ4v) is 2.17. The third-order valence-corrected chi connectivity index (χ3v) is 2.98. The second-order valence-corrected chi connectivity index (χ2v) is 4.49. The summed E-state index contributed by atoms with van der Waals surface area (Å²) in [6, 6.07) is 9.02. The molecule has 3 nitrogen and oxygen atoms in total. The van der Waals surface area contributed by atoms with E-state index in [4.69, 9.17) is 0 Å². The number of benzene rings is 1. The summed E-state index contributed by atoms with van der Waals surface area (Å²) < 4.78 is 0. The van der Waals surface area contributed by atoms with Crippen molar-refractivity contribution in [2.45, 2.75) is 12.5 Å². The van der Waals surface area contributed by atoms with Crippen LogP contribution in [0.25, 0.3) is 0 Å². The van der Waals surface area contributed by atoms with Crippen molar-refractivity contribution in [3.63, 3.8) is 0 Å². The van der Waals surface area contributed by atoms with Gasteiger partial charge < -0.3 is 10.2 Å². The van der Waals surface area contributed by atoms with E-state index in [2.05, 4.69) is 53.9 Å². The number of rotatable bonds is 3. The molecule has 0 aliphatic carbocycles. The van der Waals surface area contributed by atoms with Gasteiger partial charge in [0.15, 0.2) is 0 Å². The molecule has 3 heteroatoms. The first-order valence-electron chi connectivity index (χ1n) is 5.90. The summed E-state index contributed by atoms with van der Waals surface area (Å²) in [7, 11) is 4.18. The van der Waals surface area contributed by atoms with E-state index in [9.17, 15) is 0 Å². The molecule has 0 amide bonds. The summed E-state index contributed by atoms with van der Waals surface area (Å²) in [5, 5.41) is 8.04. The average molecular weight is 218 g/mol. The topological polar surface area (TPSA) is 29.4 Å². The van der Waals surface area contributed by atoms with Crippen LogP contribution in [0.2, 0.25) is 0 Å². The highest BCUT2D eigenvalue weighted by Gasteiger charge is 2.15. The van der Waals surface area contributed by atoms with E-state index in [0.29, 0.717) is 6.04 Å². The second kappa shape index (κ2) is 5.32. The van der Waals surface area contributed by atoms with E-state index in [0.717, 1.165) is 26.1 Å². The third kappa shape index (κ3) is 2.74. The van der Waals surface area contributed by atoms with Crippen LogP contribution in [0.5, 0.6) is 0 Å². The van der Waals surface area contributed by atoms with Crippen molar-refractivity contribution < 1.29 is 0 Å². The van der Waals surface area contributed by atoms with Gasteiger partial charge in [0.25, 0.3) is 0 Å². The Morgan fingerprint density at radius 3 is 2.88 bits per heavy atom. The normalized spacial score (nSPS) is 20.8. The molecule has 0 bridgehead atoms. The van der Waals surface area contributed by atoms with Gasteiger partial charge in [-0.2, -0.15) is 0 Å². The molecule has 1 aromatic rings. The number of nitrogens with one attached hydrogen (secondary N) is 1. The van der Waals surface area contributed by atoms with Crippen molar-refractivity contribution in [3.05, 3.63) is 29.8 Å². The highest BCUT2D eigenvalue weighted by molar-refractivity contribution is 5.52. The Balaban J connectivity index is 2.07. The lowest BCUT2D eigenvalue weighted by Gasteiger charge is -2.25. The quantitative estimate of drug-likeness (QED) is 0.816. The van der Waals surface area contributed by atoms with Crippen LogP contribution in [0.1, 0.15) is 5.56 Å². The predicted octanol–water partition coefficient (Wildman–Crippen LogP) is 0.871. The summed E-state index contributed by atoms with van der Waals surface area (Å²) in [6.07, 6.45) is 1.04. The van der Waals surface area contributed by atoms with E-state index >= 15 is 0 Å². The lowest BCUT2D eigenvalue weighted by Crippen LogP contribution is -2.45. The van der Waals surface area contributed by atoms with Crippen molar-refractivity contribution in [1.82, 2.24) is 10.6 Å². The number of nitrogens with zero attached hydrogens (tertiary/aromatic N) is 2. The molecule has 0 saturated carbocycles. The van der Waals surface area contributed by atoms with Gasteiger partial charge in [-0.1, -0.05) is 18.2 Å². The zero-order chi connectivity index (χ0) is 11.4. The minimum Gasteiger partial charge on any atom is -0.377 e. The fraction of sp³-hybridized carbons (Fsp3) is 0.538. The fourth-order valence-electron chi connectivity index (χ4n) is 2.17. The molecule has 0 aromatic heterocycles. The van der Waals surface area contributed by atoms with Gasteiger partial charge in [0.1, 0.15) is 0 Å². The molecule has 1 fully saturated rings. The van der Waals surface area contributed by atoms with Crippen molar-refractivity contribution >= 4 is 5.69 Å². The lowest BCUT2D eigenvalue weighted by atomic mass is 10.0. The van der Waals surface area contributed by atoms with E-state index in [1.165, 1.54) is 11.3 Å². The van der Waals surface area contributed by atoms with E-state index in [-0.39, 0.29) is 0 Å². The van der Waals surface area contributed by atoms with Gasteiger partial charge in [0.05, 0.1) is 0 Å². The van der Waals surface area contributed by atoms with Crippen LogP contribution in [0.15, 0.2) is 24.3 Å². The largest absolute Gasteiger partial charge is 0.377 e. The molecule has 87 valence electrons. The monoisotopic (exact) mass is 218 g/mol. The van der Waals surface area contributed by atoms with Crippen LogP contribution in [-0.4, -0.2) is 39.8 Å². The minimum atomic E-state index is 0.440. The van der Waals surface area contributed by atoms with Gasteiger partial charge in [0.2, 0.25) is 0 Å². The predicted molar refractivity (Wildman–Crippen MR) is 68.1 cm³/mol. The van der Waals surface area contributed by atoms with Crippen LogP contribution in [0.3, 0.4) is 0 Å². The molecular weight excluding hydrogens is 198 g/mol. The van der Waals surface area contributed by atoms with Gasteiger partial charge in [-0.15, -0.1) is 0 Å². The molecule has 1 aliphatic heterocycles. The van der Waals surface area contributed by atoms with Gasteiger partial charge in [0, 0.05) is 45.5 Å². The van der Waals surface area contributed by atoms with Crippen molar-refractivity contribution in [1.29, 1.82) is 0 Å². The Bertz CT molecular complexity index is 330. The van der Waals surface area contributed by atoms with Gasteiger partial charge >= 0.3 is 0 Å². The van der Waals surface area contributed by atoms with E-state index in [1.54, 1.807) is 0 Å². The molecule has 1 radical (unpaired) electrons. The number of hydrogen-bond acceptors (Lipinski definition) is 2. The molecule has 16 heavy (non-hydrogen) atoms. The molecule has 2 rings (SSSR count). The summed E-state index contributed by atoms with van der Waals surface area (Å²) in [5.74, 6) is 0. The van der Waals surface area contributed by atoms with E-state index in [1.807, 2.05) is 0 Å². The van der Waals surface area contributed by atoms with Crippen molar-refractivity contribution in [3.8, 4) is 0 Å². The van der Waals surface area contributed by atoms with Crippen LogP contribution >= 0.6 is 0 Å². The molecule has 0 spiro atoms. The molecule has 1 aliphatic rings. The van der Waals surface area contributed by atoms with Gasteiger partial charge in [-0.3, -0.25) is 0 Å². The summed E-state index contributed by atoms with van der Waals surface area (Å²) in [6.45, 7) is 3.00. The van der Waals surface area contributed by atoms with Crippen LogP contribution in [0, 0.1) is 0 Å². The van der Waals surface area contributed by atoms with Crippen LogP contribution in [-0.2, 0) is 6.42 Å². The molecule has 1 N–H and O–H groups in total. The van der Waals surface area contributed by atoms with Crippen LogP contribution < -0.4 is 15.5 Å². The number of anilines is 1. The van der Waals surface area contributed by atoms with Gasteiger partial charge in [-0.05, 0) is 18.1 Å². The van der Waals surface area contributed by atoms with E-state index < -0.39 is 0 Å². The maximum Gasteiger partial charge on any atom is 0.0412 e. The Labute approximate surface area is 97.8 Å². The Morgan fingerprint density at radius 1 is 1.38 bits per heavy atom. The summed E-state index contributed by atoms with van der Waals surface area (Å²) >= 11 is 0. The Hall–Kier alpha value is -1.06. The summed E-state index contributed by atoms with van der Waals surface area (Å²) in [5.41, 5.74) is 2.70. The maximum atomic E-state index is 4.64. The zero-order valence-electron chi connectivity index (χ0n) is 10.1. The number of para-hydroxylation sites is 1.